The first-order valence-electron chi connectivity index (χ1n) is 10.8. The molecule has 7 nitrogen and oxygen atoms in total. The number of benzene rings is 2. The molecule has 2 amide bonds. The number of methoxy groups -OCH3 is 2. The van der Waals surface area contributed by atoms with E-state index in [0.717, 1.165) is 19.4 Å². The molecular formula is C25H27N3O4S. The van der Waals surface area contributed by atoms with Crippen LogP contribution in [0, 0.1) is 0 Å². The van der Waals surface area contributed by atoms with E-state index in [1.807, 2.05) is 12.1 Å². The Balaban J connectivity index is 1.48. The third kappa shape index (κ3) is 5.35. The van der Waals surface area contributed by atoms with Crippen LogP contribution in [0.25, 0.3) is 0 Å². The predicted molar refractivity (Wildman–Crippen MR) is 130 cm³/mol. The van der Waals surface area contributed by atoms with Crippen molar-refractivity contribution < 1.29 is 19.1 Å². The Morgan fingerprint density at radius 1 is 1.00 bits per heavy atom. The zero-order chi connectivity index (χ0) is 23.2. The van der Waals surface area contributed by atoms with Crippen LogP contribution in [0.4, 0.5) is 11.4 Å². The molecule has 1 saturated heterocycles. The summed E-state index contributed by atoms with van der Waals surface area (Å²) in [5.74, 6) is 0.470. The van der Waals surface area contributed by atoms with Crippen LogP contribution in [-0.2, 0) is 4.79 Å². The van der Waals surface area contributed by atoms with Crippen molar-refractivity contribution in [3.8, 4) is 11.5 Å². The molecule has 0 aliphatic carbocycles. The molecule has 3 aromatic rings. The quantitative estimate of drug-likeness (QED) is 0.500. The van der Waals surface area contributed by atoms with Crippen LogP contribution >= 0.6 is 11.3 Å². The highest BCUT2D eigenvalue weighted by atomic mass is 32.1. The number of hydrogen-bond acceptors (Lipinski definition) is 6. The van der Waals surface area contributed by atoms with Crippen molar-refractivity contribution in [2.24, 2.45) is 0 Å². The fraction of sp³-hybridized carbons (Fsp3) is 0.280. The van der Waals surface area contributed by atoms with Gasteiger partial charge in [0.25, 0.3) is 5.91 Å². The van der Waals surface area contributed by atoms with Crippen molar-refractivity contribution in [3.05, 3.63) is 70.4 Å². The summed E-state index contributed by atoms with van der Waals surface area (Å²) in [4.78, 5) is 29.0. The van der Waals surface area contributed by atoms with E-state index in [-0.39, 0.29) is 17.9 Å². The third-order valence-electron chi connectivity index (χ3n) is 5.66. The number of amides is 2. The molecule has 2 aromatic carbocycles. The first-order chi connectivity index (χ1) is 16.1. The van der Waals surface area contributed by atoms with Gasteiger partial charge < -0.3 is 20.1 Å². The molecule has 0 bridgehead atoms. The second-order valence-electron chi connectivity index (χ2n) is 7.77. The molecule has 1 aromatic heterocycles. The number of rotatable bonds is 8. The minimum absolute atomic E-state index is 0.125. The number of carbonyl (C=O) groups excluding carboxylic acids is 2. The lowest BCUT2D eigenvalue weighted by molar-refractivity contribution is -0.117. The number of ether oxygens (including phenoxy) is 2. The molecule has 8 heteroatoms. The molecule has 0 unspecified atom stereocenters. The standard InChI is InChI=1S/C25H27N3O4S/c1-31-21-15-19(27-25(30)17-8-4-3-5-9-17)22(32-2)14-18(21)26-24(29)16-28-12-6-10-20(28)23-11-7-13-33-23/h3-5,7-9,11,13-15,20H,6,10,12,16H2,1-2H3,(H,26,29)(H,27,30)/t20-/m0/s1. The fourth-order valence-electron chi connectivity index (χ4n) is 4.07. The summed E-state index contributed by atoms with van der Waals surface area (Å²) < 4.78 is 11.0. The lowest BCUT2D eigenvalue weighted by Crippen LogP contribution is -2.32. The molecule has 4 rings (SSSR count). The van der Waals surface area contributed by atoms with Crippen LogP contribution in [0.3, 0.4) is 0 Å². The van der Waals surface area contributed by atoms with Gasteiger partial charge in [0.15, 0.2) is 0 Å². The maximum atomic E-state index is 12.9. The van der Waals surface area contributed by atoms with Crippen molar-refractivity contribution in [1.82, 2.24) is 4.90 Å². The highest BCUT2D eigenvalue weighted by Gasteiger charge is 2.28. The zero-order valence-corrected chi connectivity index (χ0v) is 19.5. The smallest absolute Gasteiger partial charge is 0.255 e. The van der Waals surface area contributed by atoms with Gasteiger partial charge in [-0.15, -0.1) is 11.3 Å². The van der Waals surface area contributed by atoms with E-state index < -0.39 is 0 Å². The van der Waals surface area contributed by atoms with E-state index >= 15 is 0 Å². The fourth-order valence-corrected chi connectivity index (χ4v) is 4.97. The molecule has 0 radical (unpaired) electrons. The van der Waals surface area contributed by atoms with Crippen LogP contribution in [-0.4, -0.2) is 44.0 Å². The first kappa shape index (κ1) is 22.8. The predicted octanol–water partition coefficient (Wildman–Crippen LogP) is 4.79. The zero-order valence-electron chi connectivity index (χ0n) is 18.7. The Labute approximate surface area is 197 Å². The van der Waals surface area contributed by atoms with E-state index in [4.69, 9.17) is 9.47 Å². The van der Waals surface area contributed by atoms with Gasteiger partial charge in [0.1, 0.15) is 11.5 Å². The molecule has 2 heterocycles. The molecule has 1 aliphatic heterocycles. The number of nitrogens with one attached hydrogen (secondary N) is 2. The molecular weight excluding hydrogens is 438 g/mol. The molecule has 1 aliphatic rings. The molecule has 0 spiro atoms. The summed E-state index contributed by atoms with van der Waals surface area (Å²) in [5.41, 5.74) is 1.48. The summed E-state index contributed by atoms with van der Waals surface area (Å²) >= 11 is 1.73. The van der Waals surface area contributed by atoms with Crippen molar-refractivity contribution in [2.75, 3.05) is 37.9 Å². The Kier molecular flexibility index (Phi) is 7.26. The highest BCUT2D eigenvalue weighted by Crippen LogP contribution is 2.37. The largest absolute Gasteiger partial charge is 0.494 e. The van der Waals surface area contributed by atoms with Gasteiger partial charge in [0.2, 0.25) is 5.91 Å². The number of anilines is 2. The number of carbonyl (C=O) groups is 2. The van der Waals surface area contributed by atoms with E-state index in [1.54, 1.807) is 47.7 Å². The maximum Gasteiger partial charge on any atom is 0.255 e. The van der Waals surface area contributed by atoms with Gasteiger partial charge in [-0.25, -0.2) is 0 Å². The number of nitrogens with zero attached hydrogens (tertiary/aromatic N) is 1. The van der Waals surface area contributed by atoms with Crippen molar-refractivity contribution >= 4 is 34.5 Å². The SMILES string of the molecule is COc1cc(NC(=O)c2ccccc2)c(OC)cc1NC(=O)CN1CCC[C@H]1c1cccs1. The van der Waals surface area contributed by atoms with Gasteiger partial charge in [-0.3, -0.25) is 14.5 Å². The van der Waals surface area contributed by atoms with Crippen molar-refractivity contribution in [1.29, 1.82) is 0 Å². The second-order valence-corrected chi connectivity index (χ2v) is 8.74. The molecule has 33 heavy (non-hydrogen) atoms. The van der Waals surface area contributed by atoms with Crippen molar-refractivity contribution in [3.63, 3.8) is 0 Å². The highest BCUT2D eigenvalue weighted by molar-refractivity contribution is 7.10. The van der Waals surface area contributed by atoms with Gasteiger partial charge in [-0.05, 0) is 43.0 Å². The molecule has 2 N–H and O–H groups in total. The Morgan fingerprint density at radius 2 is 1.70 bits per heavy atom. The van der Waals surface area contributed by atoms with Gasteiger partial charge in [0.05, 0.1) is 32.1 Å². The molecule has 1 fully saturated rings. The van der Waals surface area contributed by atoms with Gasteiger partial charge in [0, 0.05) is 28.6 Å². The summed E-state index contributed by atoms with van der Waals surface area (Å²) in [6.45, 7) is 1.18. The summed E-state index contributed by atoms with van der Waals surface area (Å²) in [5, 5.41) is 7.87. The minimum Gasteiger partial charge on any atom is -0.494 e. The molecule has 1 atom stereocenters. The molecule has 172 valence electrons. The number of likely N-dealkylation sites (tertiary alicyclic amines) is 1. The van der Waals surface area contributed by atoms with E-state index in [0.29, 0.717) is 35.0 Å². The monoisotopic (exact) mass is 465 g/mol. The number of thiophene rings is 1. The maximum absolute atomic E-state index is 12.9. The Bertz CT molecular complexity index is 1100. The van der Waals surface area contributed by atoms with Gasteiger partial charge >= 0.3 is 0 Å². The average molecular weight is 466 g/mol. The molecule has 0 saturated carbocycles. The average Bonchev–Trinajstić information content (AvgIpc) is 3.52. The van der Waals surface area contributed by atoms with Gasteiger partial charge in [-0.1, -0.05) is 24.3 Å². The van der Waals surface area contributed by atoms with Crippen molar-refractivity contribution in [2.45, 2.75) is 18.9 Å². The Hall–Kier alpha value is -3.36. The summed E-state index contributed by atoms with van der Waals surface area (Å²) in [6.07, 6.45) is 2.13. The second kappa shape index (κ2) is 10.5. The number of hydrogen-bond donors (Lipinski definition) is 2. The first-order valence-corrected chi connectivity index (χ1v) is 11.7. The van der Waals surface area contributed by atoms with Crippen LogP contribution in [0.1, 0.15) is 34.1 Å². The third-order valence-corrected chi connectivity index (χ3v) is 6.64. The lowest BCUT2D eigenvalue weighted by atomic mass is 10.2. The lowest BCUT2D eigenvalue weighted by Gasteiger charge is -2.23. The van der Waals surface area contributed by atoms with Gasteiger partial charge in [-0.2, -0.15) is 0 Å². The normalized spacial score (nSPS) is 15.8. The summed E-state index contributed by atoms with van der Waals surface area (Å²) in [6, 6.07) is 16.7. The van der Waals surface area contributed by atoms with E-state index in [9.17, 15) is 9.59 Å². The van der Waals surface area contributed by atoms with Crippen LogP contribution in [0.5, 0.6) is 11.5 Å². The van der Waals surface area contributed by atoms with Crippen LogP contribution in [0.15, 0.2) is 60.0 Å². The Morgan fingerprint density at radius 3 is 2.33 bits per heavy atom. The van der Waals surface area contributed by atoms with Crippen LogP contribution < -0.4 is 20.1 Å². The minimum atomic E-state index is -0.263. The van der Waals surface area contributed by atoms with Crippen LogP contribution in [0.2, 0.25) is 0 Å². The van der Waals surface area contributed by atoms with E-state index in [2.05, 4.69) is 27.0 Å². The summed E-state index contributed by atoms with van der Waals surface area (Å²) in [7, 11) is 3.04. The topological polar surface area (TPSA) is 79.9 Å². The van der Waals surface area contributed by atoms with E-state index in [1.165, 1.54) is 19.1 Å².